The van der Waals surface area contributed by atoms with Gasteiger partial charge in [-0.05, 0) is 111 Å². The minimum absolute atomic E-state index is 0. The Bertz CT molecular complexity index is 273. The van der Waals surface area contributed by atoms with Crippen molar-refractivity contribution in [2.24, 2.45) is 0 Å². The van der Waals surface area contributed by atoms with E-state index in [4.69, 9.17) is 0 Å². The third kappa shape index (κ3) is 83.6. The number of hydrogen-bond donors (Lipinski definition) is 0. The van der Waals surface area contributed by atoms with Crippen LogP contribution in [0, 0.1) is 7.43 Å². The Morgan fingerprint density at radius 1 is 0.184 bits per heavy atom. The second-order valence-electron chi connectivity index (χ2n) is 9.72. The van der Waals surface area contributed by atoms with Gasteiger partial charge in [0.15, 0.2) is 0 Å². The van der Waals surface area contributed by atoms with Gasteiger partial charge in [-0.15, -0.1) is 47.5 Å². The molecule has 0 bridgehead atoms. The Balaban J connectivity index is -0.0000000281. The average molecular weight is 1910 g/mol. The molecule has 335 valence electrons. The van der Waals surface area contributed by atoms with Gasteiger partial charge < -0.3 is 7.43 Å². The van der Waals surface area contributed by atoms with Gasteiger partial charge in [0.2, 0.25) is 0 Å². The topological polar surface area (TPSA) is 0 Å². The van der Waals surface area contributed by atoms with Gasteiger partial charge in [-0.1, -0.05) is 125 Å². The van der Waals surface area contributed by atoms with Crippen LogP contribution in [-0.2, 0) is 134 Å². The molecule has 0 unspecified atom stereocenters. The normalized spacial score (nSPS) is 8.82. The molecule has 49 heavy (non-hydrogen) atoms. The molecule has 0 rings (SSSR count). The van der Waals surface area contributed by atoms with Crippen LogP contribution in [0.3, 0.4) is 0 Å². The molecular weight excluding hydrogens is 1810 g/mol. The van der Waals surface area contributed by atoms with Crippen LogP contribution < -0.4 is 0 Å². The maximum absolute atomic E-state index is 2.29. The maximum Gasteiger partial charge on any atom is 1.00 e. The van der Waals surface area contributed by atoms with Crippen molar-refractivity contribution in [2.45, 2.75) is 125 Å². The first-order valence-electron chi connectivity index (χ1n) is 18.4. The summed E-state index contributed by atoms with van der Waals surface area (Å²) in [6.45, 7) is 41.2. The molecule has 0 heterocycles. The fourth-order valence-corrected chi connectivity index (χ4v) is 12.1. The summed E-state index contributed by atoms with van der Waals surface area (Å²) in [6.07, 6.45) is 25.5. The van der Waals surface area contributed by atoms with Crippen molar-refractivity contribution in [2.75, 3.05) is 111 Å². The van der Waals surface area contributed by atoms with E-state index in [1.807, 2.05) is 0 Å². The van der Waals surface area contributed by atoms with Gasteiger partial charge in [0.05, 0.1) is 0 Å². The Morgan fingerprint density at radius 3 is 0.224 bits per heavy atom. The molecule has 0 atom stereocenters. The second kappa shape index (κ2) is 86.8. The zero-order valence-electron chi connectivity index (χ0n) is 36.2. The van der Waals surface area contributed by atoms with Crippen LogP contribution in [0.2, 0.25) is 0 Å². The van der Waals surface area contributed by atoms with Crippen molar-refractivity contribution in [3.8, 4) is 0 Å². The summed E-state index contributed by atoms with van der Waals surface area (Å²) in [5.41, 5.74) is 0. The molecule has 0 aromatic heterocycles. The molecular formula is C37H93Au6P6+2. The molecule has 0 aromatic carbocycles. The summed E-state index contributed by atoms with van der Waals surface area (Å²) in [6, 6.07) is 0. The summed E-state index contributed by atoms with van der Waals surface area (Å²) in [5.74, 6) is 0. The Hall–Kier alpha value is 7.02. The zero-order chi connectivity index (χ0) is 34.2. The first-order chi connectivity index (χ1) is 20.1. The van der Waals surface area contributed by atoms with Crippen LogP contribution in [0.5, 0.6) is 0 Å². The molecule has 0 aromatic rings. The van der Waals surface area contributed by atoms with Crippen LogP contribution >= 0.6 is 47.5 Å². The molecule has 0 aliphatic rings. The van der Waals surface area contributed by atoms with Crippen LogP contribution in [0.4, 0.5) is 0 Å². The van der Waals surface area contributed by atoms with Gasteiger partial charge in [0.25, 0.3) is 0 Å². The molecule has 0 nitrogen and oxygen atoms in total. The number of rotatable bonds is 18. The van der Waals surface area contributed by atoms with Crippen LogP contribution in [-0.4, -0.2) is 111 Å². The van der Waals surface area contributed by atoms with Gasteiger partial charge in [-0.3, -0.25) is 0 Å². The fraction of sp³-hybridized carbons (Fsp3) is 0.973. The molecule has 0 saturated carbocycles. The standard InChI is InChI=1S/6C6H15P.CH3.6Au/c6*1-4-7(5-2)6-3;;;;;;;/h6*4-6H2,1-3H3;1H3;;;;;;/q;;;;;;-1;;;;3*+1. The summed E-state index contributed by atoms with van der Waals surface area (Å²) in [4.78, 5) is 0. The van der Waals surface area contributed by atoms with Crippen molar-refractivity contribution in [3.63, 3.8) is 0 Å². The summed E-state index contributed by atoms with van der Waals surface area (Å²) in [5, 5.41) is 0. The third-order valence-corrected chi connectivity index (χ3v) is 24.1. The van der Waals surface area contributed by atoms with E-state index in [0.717, 1.165) is 0 Å². The van der Waals surface area contributed by atoms with Gasteiger partial charge in [0.1, 0.15) is 0 Å². The minimum Gasteiger partial charge on any atom is -0.358 e. The quantitative estimate of drug-likeness (QED) is 0.0729. The molecule has 0 N–H and O–H groups in total. The van der Waals surface area contributed by atoms with Crippen LogP contribution in [0.15, 0.2) is 0 Å². The zero-order valence-corrected chi connectivity index (χ0v) is 54.6. The van der Waals surface area contributed by atoms with E-state index < -0.39 is 0 Å². The van der Waals surface area contributed by atoms with Crippen molar-refractivity contribution in [3.05, 3.63) is 7.43 Å². The van der Waals surface area contributed by atoms with E-state index in [9.17, 15) is 0 Å². The monoisotopic (exact) mass is 1910 g/mol. The van der Waals surface area contributed by atoms with Crippen molar-refractivity contribution in [1.82, 2.24) is 0 Å². The third-order valence-electron chi connectivity index (χ3n) is 8.05. The molecule has 0 aliphatic heterocycles. The Kier molecular flexibility index (Phi) is 162. The van der Waals surface area contributed by atoms with E-state index in [-0.39, 0.29) is 142 Å². The molecule has 3 radical (unpaired) electrons. The second-order valence-corrected chi connectivity index (χ2v) is 29.2. The fourth-order valence-electron chi connectivity index (χ4n) is 4.02. The smallest absolute Gasteiger partial charge is 0.358 e. The van der Waals surface area contributed by atoms with E-state index in [2.05, 4.69) is 125 Å². The van der Waals surface area contributed by atoms with Gasteiger partial charge in [0, 0.05) is 67.1 Å². The molecule has 0 aliphatic carbocycles. The van der Waals surface area contributed by atoms with E-state index in [1.54, 1.807) is 0 Å². The van der Waals surface area contributed by atoms with Crippen molar-refractivity contribution >= 4 is 47.5 Å². The molecule has 12 heteroatoms. The summed E-state index contributed by atoms with van der Waals surface area (Å²) < 4.78 is 0. The summed E-state index contributed by atoms with van der Waals surface area (Å²) >= 11 is 0. The van der Waals surface area contributed by atoms with Crippen molar-refractivity contribution < 1.29 is 134 Å². The van der Waals surface area contributed by atoms with Crippen LogP contribution in [0.25, 0.3) is 0 Å². The Labute approximate surface area is 419 Å². The number of hydrogen-bond acceptors (Lipinski definition) is 0. The SMILES string of the molecule is CCP(CC)CC.CCP(CC)CC.CCP(CC)CC.CCP(CC)CC.CCP(CC)CC.CCP(CC)CC.[Au+].[Au+].[Au+].[Au].[Au].[Au].[CH3-]. The van der Waals surface area contributed by atoms with Gasteiger partial charge in [-0.2, -0.15) is 0 Å². The predicted octanol–water partition coefficient (Wildman–Crippen LogP) is 15.6. The van der Waals surface area contributed by atoms with E-state index in [0.29, 0.717) is 47.5 Å². The molecule has 0 spiro atoms. The summed E-state index contributed by atoms with van der Waals surface area (Å²) in [7, 11) is 2.68. The van der Waals surface area contributed by atoms with Gasteiger partial charge >= 0.3 is 67.1 Å². The maximum atomic E-state index is 2.29. The predicted molar refractivity (Wildman–Crippen MR) is 238 cm³/mol. The largest absolute Gasteiger partial charge is 1.00 e. The van der Waals surface area contributed by atoms with E-state index >= 15 is 0 Å². The molecule has 0 fully saturated rings. The average Bonchev–Trinajstić information content (AvgIpc) is 3.04. The first-order valence-corrected chi connectivity index (χ1v) is 29.8. The van der Waals surface area contributed by atoms with E-state index in [1.165, 1.54) is 111 Å². The van der Waals surface area contributed by atoms with Crippen LogP contribution in [0.1, 0.15) is 125 Å². The molecule has 0 saturated heterocycles. The van der Waals surface area contributed by atoms with Crippen molar-refractivity contribution in [1.29, 1.82) is 0 Å². The minimum atomic E-state index is 0. The molecule has 0 amide bonds. The van der Waals surface area contributed by atoms with Gasteiger partial charge in [-0.25, -0.2) is 0 Å². The Morgan fingerprint density at radius 2 is 0.224 bits per heavy atom. The first kappa shape index (κ1) is 91.6.